The van der Waals surface area contributed by atoms with Crippen LogP contribution in [0, 0.1) is 6.92 Å². The largest absolute Gasteiger partial charge is 0.364 e. The number of rotatable bonds is 4. The fraction of sp³-hybridized carbons (Fsp3) is 0.333. The van der Waals surface area contributed by atoms with E-state index in [-0.39, 0.29) is 11.6 Å². The van der Waals surface area contributed by atoms with Crippen LogP contribution in [0.25, 0.3) is 0 Å². The zero-order chi connectivity index (χ0) is 14.9. The highest BCUT2D eigenvalue weighted by atomic mass is 16.2. The van der Waals surface area contributed by atoms with E-state index in [1.807, 2.05) is 13.0 Å². The first-order valence-corrected chi connectivity index (χ1v) is 6.04. The number of carbonyl (C=O) groups is 2. The molecule has 0 aliphatic carbocycles. The Morgan fingerprint density at radius 3 is 2.65 bits per heavy atom. The Bertz CT molecular complexity index is 657. The summed E-state index contributed by atoms with van der Waals surface area (Å²) in [6.45, 7) is 3.57. The summed E-state index contributed by atoms with van der Waals surface area (Å²) in [6, 6.07) is 1.30. The maximum absolute atomic E-state index is 12.2. The van der Waals surface area contributed by atoms with Gasteiger partial charge in [-0.05, 0) is 19.9 Å². The number of nitrogens with zero attached hydrogens (tertiary/aromatic N) is 4. The molecule has 8 nitrogen and oxygen atoms in total. The van der Waals surface area contributed by atoms with Crippen LogP contribution in [0.15, 0.2) is 18.5 Å². The highest BCUT2D eigenvalue weighted by molar-refractivity contribution is 6.02. The van der Waals surface area contributed by atoms with Crippen molar-refractivity contribution in [2.24, 2.45) is 12.8 Å². The lowest BCUT2D eigenvalue weighted by molar-refractivity contribution is -0.119. The van der Waals surface area contributed by atoms with Crippen molar-refractivity contribution in [2.45, 2.75) is 19.9 Å². The van der Waals surface area contributed by atoms with Crippen LogP contribution in [0.4, 0.5) is 5.69 Å². The van der Waals surface area contributed by atoms with Crippen LogP contribution in [0.1, 0.15) is 29.1 Å². The molecule has 0 fully saturated rings. The molecular weight excluding hydrogens is 260 g/mol. The van der Waals surface area contributed by atoms with Gasteiger partial charge in [0.2, 0.25) is 5.91 Å². The topological polar surface area (TPSA) is 108 Å². The molecule has 0 aliphatic rings. The zero-order valence-electron chi connectivity index (χ0n) is 11.5. The van der Waals surface area contributed by atoms with Crippen molar-refractivity contribution in [2.75, 3.05) is 5.32 Å². The summed E-state index contributed by atoms with van der Waals surface area (Å²) in [5, 5.41) is 10.6. The average Bonchev–Trinajstić information content (AvgIpc) is 2.95. The molecule has 0 saturated heterocycles. The Morgan fingerprint density at radius 2 is 2.10 bits per heavy atom. The van der Waals surface area contributed by atoms with Crippen LogP contribution in [0.5, 0.6) is 0 Å². The van der Waals surface area contributed by atoms with E-state index in [1.165, 1.54) is 10.9 Å². The minimum Gasteiger partial charge on any atom is -0.364 e. The van der Waals surface area contributed by atoms with Gasteiger partial charge < -0.3 is 11.1 Å². The number of nitrogens with two attached hydrogens (primary N) is 1. The number of hydrogen-bond donors (Lipinski definition) is 2. The molecule has 0 unspecified atom stereocenters. The molecule has 2 aromatic heterocycles. The number of hydrogen-bond acceptors (Lipinski definition) is 4. The van der Waals surface area contributed by atoms with Crippen molar-refractivity contribution < 1.29 is 9.59 Å². The molecular formula is C12H16N6O2. The van der Waals surface area contributed by atoms with E-state index in [0.29, 0.717) is 5.69 Å². The van der Waals surface area contributed by atoms with E-state index in [2.05, 4.69) is 15.5 Å². The Balaban J connectivity index is 2.21. The monoisotopic (exact) mass is 276 g/mol. The molecule has 20 heavy (non-hydrogen) atoms. The summed E-state index contributed by atoms with van der Waals surface area (Å²) < 4.78 is 2.91. The van der Waals surface area contributed by atoms with Gasteiger partial charge >= 0.3 is 0 Å². The van der Waals surface area contributed by atoms with Gasteiger partial charge in [0.1, 0.15) is 11.7 Å². The minimum atomic E-state index is -0.650. The van der Waals surface area contributed by atoms with Crippen molar-refractivity contribution in [3.8, 4) is 0 Å². The number of aromatic nitrogens is 4. The highest BCUT2D eigenvalue weighted by Gasteiger charge is 2.21. The number of nitrogens with one attached hydrogen (secondary N) is 1. The summed E-state index contributed by atoms with van der Waals surface area (Å²) in [7, 11) is 1.58. The maximum atomic E-state index is 12.2. The van der Waals surface area contributed by atoms with Crippen molar-refractivity contribution >= 4 is 17.5 Å². The molecule has 0 radical (unpaired) electrons. The van der Waals surface area contributed by atoms with Gasteiger partial charge in [-0.15, -0.1) is 0 Å². The van der Waals surface area contributed by atoms with E-state index >= 15 is 0 Å². The van der Waals surface area contributed by atoms with Gasteiger partial charge in [-0.25, -0.2) is 0 Å². The zero-order valence-corrected chi connectivity index (χ0v) is 11.5. The molecule has 2 heterocycles. The molecule has 0 spiro atoms. The first kappa shape index (κ1) is 13.8. The Kier molecular flexibility index (Phi) is 3.55. The van der Waals surface area contributed by atoms with Crippen LogP contribution in [0.3, 0.4) is 0 Å². The number of aryl methyl sites for hydroxylation is 2. The highest BCUT2D eigenvalue weighted by Crippen LogP contribution is 2.16. The van der Waals surface area contributed by atoms with Gasteiger partial charge in [0.25, 0.3) is 5.91 Å². The molecule has 0 aromatic carbocycles. The lowest BCUT2D eigenvalue weighted by Crippen LogP contribution is -2.26. The van der Waals surface area contributed by atoms with E-state index in [4.69, 9.17) is 5.73 Å². The Hall–Kier alpha value is -2.64. The number of carbonyl (C=O) groups excluding carboxylic acids is 2. The number of amides is 2. The van der Waals surface area contributed by atoms with E-state index in [9.17, 15) is 9.59 Å². The summed E-state index contributed by atoms with van der Waals surface area (Å²) in [5.74, 6) is -0.949. The summed E-state index contributed by atoms with van der Waals surface area (Å²) >= 11 is 0. The molecule has 2 amide bonds. The van der Waals surface area contributed by atoms with Crippen LogP contribution >= 0.6 is 0 Å². The third-order valence-corrected chi connectivity index (χ3v) is 3.04. The standard InChI is InChI=1S/C12H16N6O2/c1-7-4-5-14-18(7)8(2)12(20)16-9-6-15-17(3)10(9)11(13)19/h4-6,8H,1-3H3,(H2,13,19)(H,16,20)/t8-/m0/s1. The van der Waals surface area contributed by atoms with E-state index < -0.39 is 11.9 Å². The van der Waals surface area contributed by atoms with E-state index in [0.717, 1.165) is 5.69 Å². The number of primary amides is 1. The molecule has 8 heteroatoms. The fourth-order valence-corrected chi connectivity index (χ4v) is 1.96. The predicted molar refractivity (Wildman–Crippen MR) is 72.0 cm³/mol. The molecule has 1 atom stereocenters. The third kappa shape index (κ3) is 2.40. The predicted octanol–water partition coefficient (Wildman–Crippen LogP) is 0.224. The molecule has 2 rings (SSSR count). The second-order valence-corrected chi connectivity index (χ2v) is 4.48. The smallest absolute Gasteiger partial charge is 0.269 e. The second-order valence-electron chi connectivity index (χ2n) is 4.48. The van der Waals surface area contributed by atoms with Crippen LogP contribution in [-0.4, -0.2) is 31.4 Å². The van der Waals surface area contributed by atoms with Crippen molar-refractivity contribution in [3.63, 3.8) is 0 Å². The first-order chi connectivity index (χ1) is 9.41. The van der Waals surface area contributed by atoms with Crippen molar-refractivity contribution in [1.82, 2.24) is 19.6 Å². The van der Waals surface area contributed by atoms with Crippen LogP contribution < -0.4 is 11.1 Å². The molecule has 0 aliphatic heterocycles. The van der Waals surface area contributed by atoms with Gasteiger partial charge in [0, 0.05) is 18.9 Å². The fourth-order valence-electron chi connectivity index (χ4n) is 1.96. The van der Waals surface area contributed by atoms with Gasteiger partial charge in [0.15, 0.2) is 0 Å². The van der Waals surface area contributed by atoms with E-state index in [1.54, 1.807) is 24.9 Å². The second kappa shape index (κ2) is 5.16. The number of anilines is 1. The third-order valence-electron chi connectivity index (χ3n) is 3.04. The molecule has 0 bridgehead atoms. The van der Waals surface area contributed by atoms with Gasteiger partial charge in [0.05, 0.1) is 11.9 Å². The SMILES string of the molecule is Cc1ccnn1[C@@H](C)C(=O)Nc1cnn(C)c1C(N)=O. The Labute approximate surface area is 115 Å². The quantitative estimate of drug-likeness (QED) is 0.832. The summed E-state index contributed by atoms with van der Waals surface area (Å²) in [6.07, 6.45) is 3.01. The molecule has 106 valence electrons. The van der Waals surface area contributed by atoms with Gasteiger partial charge in [-0.1, -0.05) is 0 Å². The van der Waals surface area contributed by atoms with Crippen LogP contribution in [0.2, 0.25) is 0 Å². The van der Waals surface area contributed by atoms with Crippen molar-refractivity contribution in [3.05, 3.63) is 29.8 Å². The minimum absolute atomic E-state index is 0.155. The van der Waals surface area contributed by atoms with Crippen molar-refractivity contribution in [1.29, 1.82) is 0 Å². The van der Waals surface area contributed by atoms with Gasteiger partial charge in [-0.3, -0.25) is 19.0 Å². The summed E-state index contributed by atoms with van der Waals surface area (Å²) in [5.41, 5.74) is 6.58. The molecule has 2 aromatic rings. The maximum Gasteiger partial charge on any atom is 0.269 e. The first-order valence-electron chi connectivity index (χ1n) is 6.04. The lowest BCUT2D eigenvalue weighted by atomic mass is 10.2. The normalized spacial score (nSPS) is 12.2. The molecule has 0 saturated carbocycles. The lowest BCUT2D eigenvalue weighted by Gasteiger charge is -2.14. The van der Waals surface area contributed by atoms with Crippen LogP contribution in [-0.2, 0) is 11.8 Å². The molecule has 3 N–H and O–H groups in total. The average molecular weight is 276 g/mol. The summed E-state index contributed by atoms with van der Waals surface area (Å²) in [4.78, 5) is 23.5. The Morgan fingerprint density at radius 1 is 1.40 bits per heavy atom. The van der Waals surface area contributed by atoms with Gasteiger partial charge in [-0.2, -0.15) is 10.2 Å².